The number of nitrogens with zero attached hydrogens (tertiary/aromatic N) is 1. The fraction of sp³-hybridized carbons (Fsp3) is 0.238. The number of carbonyl (C=O) groups is 1. The lowest BCUT2D eigenvalue weighted by Gasteiger charge is -2.10. The quantitative estimate of drug-likeness (QED) is 0.517. The van der Waals surface area contributed by atoms with Gasteiger partial charge in [0.1, 0.15) is 17.4 Å². The van der Waals surface area contributed by atoms with E-state index in [1.165, 1.54) is 11.3 Å². The van der Waals surface area contributed by atoms with Crippen LogP contribution in [0.5, 0.6) is 17.2 Å². The number of hydrogen-bond donors (Lipinski definition) is 0. The van der Waals surface area contributed by atoms with Crippen LogP contribution in [0.25, 0.3) is 10.6 Å². The molecule has 0 aliphatic heterocycles. The topological polar surface area (TPSA) is 66.9 Å². The summed E-state index contributed by atoms with van der Waals surface area (Å²) in [7, 11) is 3.18. The highest BCUT2D eigenvalue weighted by Crippen LogP contribution is 2.29. The van der Waals surface area contributed by atoms with E-state index in [-0.39, 0.29) is 6.61 Å². The third kappa shape index (κ3) is 4.61. The molecule has 0 aliphatic carbocycles. The normalized spacial score (nSPS) is 10.4. The van der Waals surface area contributed by atoms with E-state index in [1.54, 1.807) is 32.4 Å². The molecule has 6 nitrogen and oxygen atoms in total. The fourth-order valence-corrected chi connectivity index (χ4v) is 3.34. The van der Waals surface area contributed by atoms with E-state index in [0.717, 1.165) is 16.3 Å². The first-order chi connectivity index (χ1) is 13.6. The molecule has 1 heterocycles. The molecule has 0 N–H and O–H groups in total. The predicted octanol–water partition coefficient (Wildman–Crippen LogP) is 4.58. The zero-order valence-electron chi connectivity index (χ0n) is 15.9. The lowest BCUT2D eigenvalue weighted by Crippen LogP contribution is -2.06. The number of hydrogen-bond acceptors (Lipinski definition) is 7. The molecule has 0 saturated carbocycles. The Labute approximate surface area is 167 Å². The molecular weight excluding hydrogens is 378 g/mol. The third-order valence-electron chi connectivity index (χ3n) is 3.94. The van der Waals surface area contributed by atoms with E-state index in [9.17, 15) is 4.79 Å². The maximum atomic E-state index is 12.4. The van der Waals surface area contributed by atoms with Crippen LogP contribution < -0.4 is 14.2 Å². The molecule has 7 heteroatoms. The first kappa shape index (κ1) is 19.7. The number of carbonyl (C=O) groups excluding carboxylic acids is 1. The van der Waals surface area contributed by atoms with Crippen molar-refractivity contribution in [2.45, 2.75) is 13.5 Å². The summed E-state index contributed by atoms with van der Waals surface area (Å²) >= 11 is 1.50. The van der Waals surface area contributed by atoms with E-state index in [4.69, 9.17) is 18.9 Å². The molecular formula is C21H21NO5S. The van der Waals surface area contributed by atoms with E-state index in [2.05, 4.69) is 4.98 Å². The summed E-state index contributed by atoms with van der Waals surface area (Å²) in [5.41, 5.74) is 2.08. The predicted molar refractivity (Wildman–Crippen MR) is 107 cm³/mol. The second-order valence-corrected chi connectivity index (χ2v) is 6.61. The molecule has 0 fully saturated rings. The average Bonchev–Trinajstić information content (AvgIpc) is 3.21. The van der Waals surface area contributed by atoms with Crippen molar-refractivity contribution in [2.75, 3.05) is 20.8 Å². The van der Waals surface area contributed by atoms with Crippen LogP contribution in [-0.4, -0.2) is 31.8 Å². The van der Waals surface area contributed by atoms with Crippen LogP contribution in [0, 0.1) is 0 Å². The molecule has 0 spiro atoms. The Kier molecular flexibility index (Phi) is 6.49. The summed E-state index contributed by atoms with van der Waals surface area (Å²) in [5.74, 6) is 1.43. The first-order valence-electron chi connectivity index (χ1n) is 8.71. The smallest absolute Gasteiger partial charge is 0.338 e. The molecule has 0 saturated heterocycles. The van der Waals surface area contributed by atoms with Crippen molar-refractivity contribution in [3.05, 3.63) is 59.1 Å². The minimum atomic E-state index is -0.442. The van der Waals surface area contributed by atoms with Gasteiger partial charge in [0.25, 0.3) is 0 Å². The number of aromatic nitrogens is 1. The summed E-state index contributed by atoms with van der Waals surface area (Å²) in [6.45, 7) is 2.44. The highest BCUT2D eigenvalue weighted by Gasteiger charge is 2.13. The maximum Gasteiger partial charge on any atom is 0.338 e. The lowest BCUT2D eigenvalue weighted by atomic mass is 10.2. The van der Waals surface area contributed by atoms with Gasteiger partial charge in [-0.1, -0.05) is 0 Å². The highest BCUT2D eigenvalue weighted by atomic mass is 32.1. The van der Waals surface area contributed by atoms with Gasteiger partial charge in [-0.3, -0.25) is 0 Å². The molecule has 0 radical (unpaired) electrons. The molecule has 2 aromatic carbocycles. The molecule has 146 valence electrons. The minimum absolute atomic E-state index is 0.0987. The second kappa shape index (κ2) is 9.23. The highest BCUT2D eigenvalue weighted by molar-refractivity contribution is 7.13. The van der Waals surface area contributed by atoms with Gasteiger partial charge in [0.15, 0.2) is 11.5 Å². The van der Waals surface area contributed by atoms with E-state index in [1.807, 2.05) is 36.6 Å². The Morgan fingerprint density at radius 3 is 2.50 bits per heavy atom. The van der Waals surface area contributed by atoms with E-state index in [0.29, 0.717) is 29.4 Å². The third-order valence-corrected chi connectivity index (χ3v) is 4.88. The Balaban J connectivity index is 1.65. The van der Waals surface area contributed by atoms with Crippen LogP contribution in [0.4, 0.5) is 0 Å². The molecule has 1 aromatic heterocycles. The number of methoxy groups -OCH3 is 2. The number of rotatable bonds is 8. The summed E-state index contributed by atoms with van der Waals surface area (Å²) in [6, 6.07) is 12.6. The standard InChI is InChI=1S/C21H21NO5S/c1-4-26-19-11-15(7-10-18(19)25-3)21(23)27-12-16-13-28-20(22-16)14-5-8-17(24-2)9-6-14/h5-11,13H,4,12H2,1-3H3. The van der Waals surface area contributed by atoms with Gasteiger partial charge in [-0.15, -0.1) is 11.3 Å². The van der Waals surface area contributed by atoms with Crippen LogP contribution in [0.2, 0.25) is 0 Å². The minimum Gasteiger partial charge on any atom is -0.497 e. The van der Waals surface area contributed by atoms with Gasteiger partial charge in [-0.2, -0.15) is 0 Å². The summed E-state index contributed by atoms with van der Waals surface area (Å²) < 4.78 is 21.3. The maximum absolute atomic E-state index is 12.4. The Morgan fingerprint density at radius 2 is 1.82 bits per heavy atom. The van der Waals surface area contributed by atoms with Gasteiger partial charge < -0.3 is 18.9 Å². The number of benzene rings is 2. The van der Waals surface area contributed by atoms with E-state index >= 15 is 0 Å². The fourth-order valence-electron chi connectivity index (χ4n) is 2.53. The molecule has 0 bridgehead atoms. The number of ether oxygens (including phenoxy) is 4. The van der Waals surface area contributed by atoms with Crippen molar-refractivity contribution in [1.82, 2.24) is 4.98 Å². The zero-order chi connectivity index (χ0) is 19.9. The molecule has 0 unspecified atom stereocenters. The van der Waals surface area contributed by atoms with Crippen molar-refractivity contribution in [3.8, 4) is 27.8 Å². The van der Waals surface area contributed by atoms with Crippen molar-refractivity contribution < 1.29 is 23.7 Å². The molecule has 3 rings (SSSR count). The van der Waals surface area contributed by atoms with Gasteiger partial charge in [0.05, 0.1) is 32.1 Å². The Bertz CT molecular complexity index is 936. The average molecular weight is 399 g/mol. The summed E-state index contributed by atoms with van der Waals surface area (Å²) in [6.07, 6.45) is 0. The van der Waals surface area contributed by atoms with Crippen LogP contribution in [0.1, 0.15) is 23.0 Å². The van der Waals surface area contributed by atoms with Gasteiger partial charge in [-0.05, 0) is 49.4 Å². The second-order valence-electron chi connectivity index (χ2n) is 5.75. The zero-order valence-corrected chi connectivity index (χ0v) is 16.7. The van der Waals surface area contributed by atoms with E-state index < -0.39 is 5.97 Å². The summed E-state index contributed by atoms with van der Waals surface area (Å²) in [5, 5.41) is 2.74. The SMILES string of the molecule is CCOc1cc(C(=O)OCc2csc(-c3ccc(OC)cc3)n2)ccc1OC. The summed E-state index contributed by atoms with van der Waals surface area (Å²) in [4.78, 5) is 16.9. The van der Waals surface area contributed by atoms with Gasteiger partial charge in [0.2, 0.25) is 0 Å². The van der Waals surface area contributed by atoms with Crippen molar-refractivity contribution in [1.29, 1.82) is 0 Å². The van der Waals surface area contributed by atoms with Gasteiger partial charge in [-0.25, -0.2) is 9.78 Å². The Morgan fingerprint density at radius 1 is 1.04 bits per heavy atom. The molecule has 0 aliphatic rings. The van der Waals surface area contributed by atoms with Crippen LogP contribution in [-0.2, 0) is 11.3 Å². The van der Waals surface area contributed by atoms with Crippen LogP contribution >= 0.6 is 11.3 Å². The van der Waals surface area contributed by atoms with Crippen molar-refractivity contribution in [2.24, 2.45) is 0 Å². The molecule has 0 amide bonds. The Hall–Kier alpha value is -3.06. The molecule has 28 heavy (non-hydrogen) atoms. The number of esters is 1. The molecule has 3 aromatic rings. The monoisotopic (exact) mass is 399 g/mol. The molecule has 0 atom stereocenters. The lowest BCUT2D eigenvalue weighted by molar-refractivity contribution is 0.0468. The van der Waals surface area contributed by atoms with Crippen molar-refractivity contribution in [3.63, 3.8) is 0 Å². The van der Waals surface area contributed by atoms with Crippen LogP contribution in [0.15, 0.2) is 47.8 Å². The van der Waals surface area contributed by atoms with Gasteiger partial charge in [0, 0.05) is 10.9 Å². The largest absolute Gasteiger partial charge is 0.497 e. The first-order valence-corrected chi connectivity index (χ1v) is 9.59. The van der Waals surface area contributed by atoms with Gasteiger partial charge >= 0.3 is 5.97 Å². The van der Waals surface area contributed by atoms with Crippen molar-refractivity contribution >= 4 is 17.3 Å². The number of thiazole rings is 1. The van der Waals surface area contributed by atoms with Crippen LogP contribution in [0.3, 0.4) is 0 Å².